The standard InChI is InChI=1S/C15H16BrNO4/c1-9(18)12-13(10-3-5-11(16)6-4-10)17(7-8-21-2)15(20)14(12)19/h3-6,13,19H,7-8H2,1-2H3. The highest BCUT2D eigenvalue weighted by Crippen LogP contribution is 2.37. The zero-order chi connectivity index (χ0) is 15.6. The monoisotopic (exact) mass is 353 g/mol. The maximum absolute atomic E-state index is 12.2. The second-order valence-electron chi connectivity index (χ2n) is 4.76. The average molecular weight is 354 g/mol. The molecule has 0 saturated carbocycles. The number of rotatable bonds is 5. The summed E-state index contributed by atoms with van der Waals surface area (Å²) in [5.74, 6) is -1.31. The topological polar surface area (TPSA) is 66.8 Å². The highest BCUT2D eigenvalue weighted by Gasteiger charge is 2.41. The Morgan fingerprint density at radius 3 is 2.52 bits per heavy atom. The van der Waals surface area contributed by atoms with Gasteiger partial charge in [-0.25, -0.2) is 0 Å². The molecule has 1 aliphatic heterocycles. The van der Waals surface area contributed by atoms with Gasteiger partial charge in [-0.3, -0.25) is 9.59 Å². The van der Waals surface area contributed by atoms with Crippen molar-refractivity contribution in [1.29, 1.82) is 0 Å². The van der Waals surface area contributed by atoms with Crippen molar-refractivity contribution in [2.75, 3.05) is 20.3 Å². The van der Waals surface area contributed by atoms with Gasteiger partial charge in [0, 0.05) is 18.1 Å². The number of amides is 1. The molecule has 1 N–H and O–H groups in total. The zero-order valence-electron chi connectivity index (χ0n) is 11.8. The van der Waals surface area contributed by atoms with Crippen molar-refractivity contribution in [2.45, 2.75) is 13.0 Å². The first-order valence-corrected chi connectivity index (χ1v) is 7.26. The van der Waals surface area contributed by atoms with Crippen LogP contribution in [0.15, 0.2) is 40.1 Å². The van der Waals surface area contributed by atoms with Crippen LogP contribution in [0.4, 0.5) is 0 Å². The number of ketones is 1. The van der Waals surface area contributed by atoms with Gasteiger partial charge >= 0.3 is 0 Å². The third-order valence-electron chi connectivity index (χ3n) is 3.41. The predicted molar refractivity (Wildman–Crippen MR) is 80.8 cm³/mol. The molecule has 0 spiro atoms. The number of nitrogens with zero attached hydrogens (tertiary/aromatic N) is 1. The molecular weight excluding hydrogens is 338 g/mol. The summed E-state index contributed by atoms with van der Waals surface area (Å²) in [5, 5.41) is 10.0. The minimum Gasteiger partial charge on any atom is -0.503 e. The number of benzene rings is 1. The van der Waals surface area contributed by atoms with E-state index in [1.165, 1.54) is 18.9 Å². The molecule has 0 fully saturated rings. The van der Waals surface area contributed by atoms with Crippen LogP contribution in [0.25, 0.3) is 0 Å². The Labute approximate surface area is 131 Å². The molecule has 5 nitrogen and oxygen atoms in total. The van der Waals surface area contributed by atoms with Crippen molar-refractivity contribution in [3.05, 3.63) is 45.6 Å². The fourth-order valence-corrected chi connectivity index (χ4v) is 2.69. The molecule has 6 heteroatoms. The van der Waals surface area contributed by atoms with E-state index in [9.17, 15) is 14.7 Å². The van der Waals surface area contributed by atoms with E-state index in [0.29, 0.717) is 13.2 Å². The molecule has 0 aromatic heterocycles. The second kappa shape index (κ2) is 6.41. The van der Waals surface area contributed by atoms with E-state index in [1.54, 1.807) is 0 Å². The Balaban J connectivity index is 2.46. The molecule has 1 aliphatic rings. The molecule has 0 radical (unpaired) electrons. The summed E-state index contributed by atoms with van der Waals surface area (Å²) in [7, 11) is 1.54. The lowest BCUT2D eigenvalue weighted by Gasteiger charge is -2.26. The number of aliphatic hydroxyl groups excluding tert-OH is 1. The summed E-state index contributed by atoms with van der Waals surface area (Å²) in [6.07, 6.45) is 0. The Morgan fingerprint density at radius 2 is 2.00 bits per heavy atom. The van der Waals surface area contributed by atoms with Crippen LogP contribution in [0, 0.1) is 0 Å². The van der Waals surface area contributed by atoms with Crippen LogP contribution in [0.2, 0.25) is 0 Å². The third-order valence-corrected chi connectivity index (χ3v) is 3.93. The number of hydrogen-bond acceptors (Lipinski definition) is 4. The van der Waals surface area contributed by atoms with Crippen LogP contribution >= 0.6 is 15.9 Å². The van der Waals surface area contributed by atoms with E-state index in [0.717, 1.165) is 10.0 Å². The molecule has 1 heterocycles. The van der Waals surface area contributed by atoms with Gasteiger partial charge in [-0.2, -0.15) is 0 Å². The van der Waals surface area contributed by atoms with Gasteiger partial charge in [0.15, 0.2) is 11.5 Å². The number of aliphatic hydroxyl groups is 1. The molecule has 112 valence electrons. The Morgan fingerprint density at radius 1 is 1.38 bits per heavy atom. The fraction of sp³-hybridized carbons (Fsp3) is 0.333. The number of Topliss-reactive ketones (excluding diaryl/α,β-unsaturated/α-hetero) is 1. The third kappa shape index (κ3) is 3.01. The van der Waals surface area contributed by atoms with Crippen molar-refractivity contribution in [1.82, 2.24) is 4.90 Å². The second-order valence-corrected chi connectivity index (χ2v) is 5.68. The maximum atomic E-state index is 12.2. The van der Waals surface area contributed by atoms with E-state index >= 15 is 0 Å². The van der Waals surface area contributed by atoms with E-state index in [4.69, 9.17) is 4.74 Å². The Hall–Kier alpha value is -1.66. The van der Waals surface area contributed by atoms with E-state index in [-0.39, 0.29) is 11.4 Å². The van der Waals surface area contributed by atoms with Gasteiger partial charge in [0.2, 0.25) is 0 Å². The summed E-state index contributed by atoms with van der Waals surface area (Å²) in [5.41, 5.74) is 0.912. The van der Waals surface area contributed by atoms with Crippen LogP contribution in [-0.4, -0.2) is 42.0 Å². The largest absolute Gasteiger partial charge is 0.503 e. The molecule has 2 rings (SSSR count). The summed E-state index contributed by atoms with van der Waals surface area (Å²) in [6, 6.07) is 6.74. The van der Waals surface area contributed by atoms with Crippen LogP contribution in [0.3, 0.4) is 0 Å². The van der Waals surface area contributed by atoms with Crippen LogP contribution in [0.5, 0.6) is 0 Å². The first-order chi connectivity index (χ1) is 9.97. The first-order valence-electron chi connectivity index (χ1n) is 6.46. The van der Waals surface area contributed by atoms with Crippen LogP contribution in [-0.2, 0) is 14.3 Å². The van der Waals surface area contributed by atoms with E-state index in [1.807, 2.05) is 24.3 Å². The highest BCUT2D eigenvalue weighted by atomic mass is 79.9. The van der Waals surface area contributed by atoms with E-state index < -0.39 is 17.7 Å². The molecular formula is C15H16BrNO4. The normalized spacial score (nSPS) is 18.5. The summed E-state index contributed by atoms with van der Waals surface area (Å²) in [4.78, 5) is 25.5. The molecule has 1 atom stereocenters. The van der Waals surface area contributed by atoms with Gasteiger partial charge in [-0.1, -0.05) is 28.1 Å². The number of hydrogen-bond donors (Lipinski definition) is 1. The van der Waals surface area contributed by atoms with Crippen molar-refractivity contribution < 1.29 is 19.4 Å². The number of carbonyl (C=O) groups is 2. The summed E-state index contributed by atoms with van der Waals surface area (Å²) in [6.45, 7) is 1.98. The van der Waals surface area contributed by atoms with Gasteiger partial charge in [-0.15, -0.1) is 0 Å². The van der Waals surface area contributed by atoms with Gasteiger partial charge in [-0.05, 0) is 24.6 Å². The maximum Gasteiger partial charge on any atom is 0.290 e. The van der Waals surface area contributed by atoms with Crippen molar-refractivity contribution in [3.63, 3.8) is 0 Å². The Kier molecular flexibility index (Phi) is 4.80. The molecule has 1 unspecified atom stereocenters. The predicted octanol–water partition coefficient (Wildman–Crippen LogP) is 2.38. The minimum absolute atomic E-state index is 0.137. The quantitative estimate of drug-likeness (QED) is 0.882. The van der Waals surface area contributed by atoms with Crippen molar-refractivity contribution in [3.8, 4) is 0 Å². The van der Waals surface area contributed by atoms with Crippen LogP contribution in [0.1, 0.15) is 18.5 Å². The molecule has 1 aromatic rings. The molecule has 0 bridgehead atoms. The van der Waals surface area contributed by atoms with Gasteiger partial charge < -0.3 is 14.7 Å². The zero-order valence-corrected chi connectivity index (χ0v) is 13.4. The minimum atomic E-state index is -0.571. The number of carbonyl (C=O) groups excluding carboxylic acids is 2. The smallest absolute Gasteiger partial charge is 0.290 e. The number of ether oxygens (including phenoxy) is 1. The molecule has 1 aromatic carbocycles. The summed E-state index contributed by atoms with van der Waals surface area (Å²) < 4.78 is 5.90. The van der Waals surface area contributed by atoms with Crippen LogP contribution < -0.4 is 0 Å². The lowest BCUT2D eigenvalue weighted by Crippen LogP contribution is -2.33. The first kappa shape index (κ1) is 15.7. The molecule has 21 heavy (non-hydrogen) atoms. The lowest BCUT2D eigenvalue weighted by molar-refractivity contribution is -0.130. The molecule has 0 saturated heterocycles. The number of halogens is 1. The molecule has 1 amide bonds. The highest BCUT2D eigenvalue weighted by molar-refractivity contribution is 9.10. The SMILES string of the molecule is COCCN1C(=O)C(O)=C(C(C)=O)C1c1ccc(Br)cc1. The van der Waals surface area contributed by atoms with Crippen molar-refractivity contribution >= 4 is 27.6 Å². The van der Waals surface area contributed by atoms with Gasteiger partial charge in [0.05, 0.1) is 18.2 Å². The fourth-order valence-electron chi connectivity index (χ4n) is 2.43. The van der Waals surface area contributed by atoms with Gasteiger partial charge in [0.1, 0.15) is 0 Å². The lowest BCUT2D eigenvalue weighted by atomic mass is 9.97. The number of methoxy groups -OCH3 is 1. The van der Waals surface area contributed by atoms with E-state index in [2.05, 4.69) is 15.9 Å². The van der Waals surface area contributed by atoms with Gasteiger partial charge in [0.25, 0.3) is 5.91 Å². The Bertz CT molecular complexity index is 594. The average Bonchev–Trinajstić information content (AvgIpc) is 2.70. The summed E-state index contributed by atoms with van der Waals surface area (Å²) >= 11 is 3.35. The molecule has 0 aliphatic carbocycles. The van der Waals surface area contributed by atoms with Crippen molar-refractivity contribution in [2.24, 2.45) is 0 Å².